The van der Waals surface area contributed by atoms with Gasteiger partial charge in [0.15, 0.2) is 0 Å². The van der Waals surface area contributed by atoms with Crippen molar-refractivity contribution in [2.24, 2.45) is 0 Å². The normalized spacial score (nSPS) is 10.2. The van der Waals surface area contributed by atoms with Crippen LogP contribution in [0.3, 0.4) is 0 Å². The number of nitrogens with one attached hydrogen (secondary N) is 2. The monoisotopic (exact) mass is 282 g/mol. The van der Waals surface area contributed by atoms with Crippen LogP contribution < -0.4 is 10.6 Å². The van der Waals surface area contributed by atoms with Gasteiger partial charge in [-0.15, -0.1) is 0 Å². The smallest absolute Gasteiger partial charge is 0.243 e. The molecule has 0 aliphatic rings. The third-order valence-corrected chi connectivity index (χ3v) is 3.63. The van der Waals surface area contributed by atoms with Gasteiger partial charge >= 0.3 is 0 Å². The highest BCUT2D eigenvalue weighted by atomic mass is 16.1. The molecule has 0 aliphatic carbocycles. The van der Waals surface area contributed by atoms with Crippen molar-refractivity contribution in [3.63, 3.8) is 0 Å². The van der Waals surface area contributed by atoms with E-state index in [1.54, 1.807) is 0 Å². The predicted molar refractivity (Wildman–Crippen MR) is 88.9 cm³/mol. The van der Waals surface area contributed by atoms with Crippen molar-refractivity contribution >= 4 is 17.3 Å². The van der Waals surface area contributed by atoms with Gasteiger partial charge in [-0.25, -0.2) is 0 Å². The molecule has 0 radical (unpaired) electrons. The third-order valence-electron chi connectivity index (χ3n) is 3.63. The Morgan fingerprint density at radius 3 is 2.52 bits per heavy atom. The summed E-state index contributed by atoms with van der Waals surface area (Å²) in [5.74, 6) is -0.0378. The van der Waals surface area contributed by atoms with Crippen LogP contribution in [0.2, 0.25) is 0 Å². The number of rotatable bonds is 5. The van der Waals surface area contributed by atoms with Crippen LogP contribution in [-0.4, -0.2) is 12.5 Å². The zero-order valence-electron chi connectivity index (χ0n) is 12.9. The Labute approximate surface area is 126 Å². The van der Waals surface area contributed by atoms with Gasteiger partial charge in [-0.1, -0.05) is 31.2 Å². The van der Waals surface area contributed by atoms with E-state index < -0.39 is 0 Å². The summed E-state index contributed by atoms with van der Waals surface area (Å²) in [4.78, 5) is 12.0. The van der Waals surface area contributed by atoms with Gasteiger partial charge in [-0.2, -0.15) is 0 Å². The first-order valence-electron chi connectivity index (χ1n) is 7.29. The minimum Gasteiger partial charge on any atom is -0.376 e. The standard InChI is InChI=1S/C18H22N2O/c1-4-15-7-5-6-8-17(15)19-12-18(21)20-16-10-9-13(2)14(3)11-16/h5-11,19H,4,12H2,1-3H3,(H,20,21). The Morgan fingerprint density at radius 1 is 1.05 bits per heavy atom. The van der Waals surface area contributed by atoms with E-state index in [4.69, 9.17) is 0 Å². The van der Waals surface area contributed by atoms with Crippen LogP contribution >= 0.6 is 0 Å². The number of anilines is 2. The minimum absolute atomic E-state index is 0.0378. The molecule has 2 rings (SSSR count). The average Bonchev–Trinajstić information content (AvgIpc) is 2.49. The molecule has 0 atom stereocenters. The maximum absolute atomic E-state index is 12.0. The highest BCUT2D eigenvalue weighted by molar-refractivity contribution is 5.93. The van der Waals surface area contributed by atoms with E-state index in [0.717, 1.165) is 17.8 Å². The fraction of sp³-hybridized carbons (Fsp3) is 0.278. The van der Waals surface area contributed by atoms with Crippen LogP contribution in [0.4, 0.5) is 11.4 Å². The molecule has 110 valence electrons. The van der Waals surface area contributed by atoms with Gasteiger partial charge in [0.25, 0.3) is 0 Å². The van der Waals surface area contributed by atoms with E-state index in [2.05, 4.69) is 30.5 Å². The summed E-state index contributed by atoms with van der Waals surface area (Å²) in [7, 11) is 0. The van der Waals surface area contributed by atoms with E-state index in [-0.39, 0.29) is 12.5 Å². The number of hydrogen-bond acceptors (Lipinski definition) is 2. The van der Waals surface area contributed by atoms with Gasteiger partial charge in [0.1, 0.15) is 0 Å². The molecule has 0 aromatic heterocycles. The second-order valence-electron chi connectivity index (χ2n) is 5.21. The van der Waals surface area contributed by atoms with Gasteiger partial charge in [-0.3, -0.25) is 4.79 Å². The molecule has 0 spiro atoms. The van der Waals surface area contributed by atoms with Crippen molar-refractivity contribution < 1.29 is 4.79 Å². The summed E-state index contributed by atoms with van der Waals surface area (Å²) in [5, 5.41) is 6.11. The molecule has 2 aromatic carbocycles. The lowest BCUT2D eigenvalue weighted by Gasteiger charge is -2.11. The molecule has 21 heavy (non-hydrogen) atoms. The number of hydrogen-bond donors (Lipinski definition) is 2. The molecule has 2 N–H and O–H groups in total. The lowest BCUT2D eigenvalue weighted by atomic mass is 10.1. The third kappa shape index (κ3) is 4.09. The van der Waals surface area contributed by atoms with Crippen LogP contribution in [0.25, 0.3) is 0 Å². The first-order chi connectivity index (χ1) is 10.1. The summed E-state index contributed by atoms with van der Waals surface area (Å²) >= 11 is 0. The summed E-state index contributed by atoms with van der Waals surface area (Å²) in [6.45, 7) is 6.48. The highest BCUT2D eigenvalue weighted by Crippen LogP contribution is 2.16. The van der Waals surface area contributed by atoms with Crippen molar-refractivity contribution in [2.45, 2.75) is 27.2 Å². The van der Waals surface area contributed by atoms with Crippen LogP contribution in [0.1, 0.15) is 23.6 Å². The molecule has 0 bridgehead atoms. The Kier molecular flexibility index (Phi) is 4.99. The first kappa shape index (κ1) is 15.1. The van der Waals surface area contributed by atoms with E-state index in [1.807, 2.05) is 43.3 Å². The van der Waals surface area contributed by atoms with Crippen molar-refractivity contribution in [2.75, 3.05) is 17.2 Å². The molecular formula is C18H22N2O. The predicted octanol–water partition coefficient (Wildman–Crippen LogP) is 3.92. The van der Waals surface area contributed by atoms with Crippen molar-refractivity contribution in [1.29, 1.82) is 0 Å². The number of carbonyl (C=O) groups excluding carboxylic acids is 1. The quantitative estimate of drug-likeness (QED) is 0.872. The molecule has 3 heteroatoms. The zero-order valence-corrected chi connectivity index (χ0v) is 12.9. The van der Waals surface area contributed by atoms with Crippen molar-refractivity contribution in [3.05, 3.63) is 59.2 Å². The molecule has 0 aliphatic heterocycles. The van der Waals surface area contributed by atoms with Gasteiger partial charge in [0, 0.05) is 11.4 Å². The lowest BCUT2D eigenvalue weighted by molar-refractivity contribution is -0.114. The molecule has 0 fully saturated rings. The summed E-state index contributed by atoms with van der Waals surface area (Å²) in [6.07, 6.45) is 0.946. The summed E-state index contributed by atoms with van der Waals surface area (Å²) in [5.41, 5.74) is 5.49. The van der Waals surface area contributed by atoms with Crippen molar-refractivity contribution in [1.82, 2.24) is 0 Å². The number of carbonyl (C=O) groups is 1. The second-order valence-corrected chi connectivity index (χ2v) is 5.21. The van der Waals surface area contributed by atoms with Gasteiger partial charge in [0.2, 0.25) is 5.91 Å². The number of aryl methyl sites for hydroxylation is 3. The molecule has 3 nitrogen and oxygen atoms in total. The first-order valence-corrected chi connectivity index (χ1v) is 7.29. The van der Waals surface area contributed by atoms with Crippen molar-refractivity contribution in [3.8, 4) is 0 Å². The van der Waals surface area contributed by atoms with Gasteiger partial charge < -0.3 is 10.6 Å². The Balaban J connectivity index is 1.94. The molecule has 0 unspecified atom stereocenters. The molecule has 0 saturated carbocycles. The Hall–Kier alpha value is -2.29. The second kappa shape index (κ2) is 6.93. The molecule has 2 aromatic rings. The Morgan fingerprint density at radius 2 is 1.81 bits per heavy atom. The largest absolute Gasteiger partial charge is 0.376 e. The lowest BCUT2D eigenvalue weighted by Crippen LogP contribution is -2.22. The maximum Gasteiger partial charge on any atom is 0.243 e. The van der Waals surface area contributed by atoms with Crippen LogP contribution in [0.15, 0.2) is 42.5 Å². The number of para-hydroxylation sites is 1. The average molecular weight is 282 g/mol. The summed E-state index contributed by atoms with van der Waals surface area (Å²) < 4.78 is 0. The fourth-order valence-electron chi connectivity index (χ4n) is 2.20. The van der Waals surface area contributed by atoms with E-state index in [9.17, 15) is 4.79 Å². The van der Waals surface area contributed by atoms with Crippen LogP contribution in [0, 0.1) is 13.8 Å². The maximum atomic E-state index is 12.0. The van der Waals surface area contributed by atoms with E-state index >= 15 is 0 Å². The van der Waals surface area contributed by atoms with E-state index in [1.165, 1.54) is 16.7 Å². The van der Waals surface area contributed by atoms with Gasteiger partial charge in [0.05, 0.1) is 6.54 Å². The zero-order chi connectivity index (χ0) is 15.2. The topological polar surface area (TPSA) is 41.1 Å². The highest BCUT2D eigenvalue weighted by Gasteiger charge is 2.05. The molecule has 0 saturated heterocycles. The van der Waals surface area contributed by atoms with Gasteiger partial charge in [-0.05, 0) is 55.2 Å². The number of benzene rings is 2. The van der Waals surface area contributed by atoms with E-state index in [0.29, 0.717) is 0 Å². The molecule has 1 amide bonds. The molecule has 0 heterocycles. The fourth-order valence-corrected chi connectivity index (χ4v) is 2.20. The molecular weight excluding hydrogens is 260 g/mol. The number of amides is 1. The SMILES string of the molecule is CCc1ccccc1NCC(=O)Nc1ccc(C)c(C)c1. The van der Waals surface area contributed by atoms with Crippen LogP contribution in [-0.2, 0) is 11.2 Å². The summed E-state index contributed by atoms with van der Waals surface area (Å²) in [6, 6.07) is 14.0. The Bertz CT molecular complexity index is 635. The van der Waals surface area contributed by atoms with Crippen LogP contribution in [0.5, 0.6) is 0 Å². The minimum atomic E-state index is -0.0378.